The van der Waals surface area contributed by atoms with E-state index >= 15 is 0 Å². The molecule has 1 aromatic carbocycles. The van der Waals surface area contributed by atoms with Gasteiger partial charge >= 0.3 is 5.97 Å². The molecule has 0 saturated heterocycles. The van der Waals surface area contributed by atoms with Crippen LogP contribution in [0.2, 0.25) is 0 Å². The van der Waals surface area contributed by atoms with E-state index in [1.165, 1.54) is 12.8 Å². The molecule has 1 aromatic rings. The lowest BCUT2D eigenvalue weighted by molar-refractivity contribution is -0.141. The molecule has 0 aliphatic heterocycles. The molecule has 2 aliphatic rings. The summed E-state index contributed by atoms with van der Waals surface area (Å²) in [6, 6.07) is 7.46. The second-order valence-electron chi connectivity index (χ2n) is 6.90. The zero-order chi connectivity index (χ0) is 17.1. The number of hydrogen-bond donors (Lipinski definition) is 2. The average Bonchev–Trinajstić information content (AvgIpc) is 3.44. The van der Waals surface area contributed by atoms with E-state index in [4.69, 9.17) is 4.74 Å². The summed E-state index contributed by atoms with van der Waals surface area (Å²) in [5, 5.41) is 12.3. The molecule has 5 heteroatoms. The number of rotatable bonds is 9. The van der Waals surface area contributed by atoms with Gasteiger partial charge in [0.25, 0.3) is 0 Å². The third kappa shape index (κ3) is 4.28. The minimum atomic E-state index is -0.876. The van der Waals surface area contributed by atoms with Crippen molar-refractivity contribution in [1.29, 1.82) is 0 Å². The number of benzene rings is 1. The molecular weight excluding hydrogens is 306 g/mol. The standard InChI is InChI=1S/C19H25NO4/c1-2-24-15-7-3-12(4-8-15)9-14(19(22)23)11-20-18(21)17-10-16(17)13-5-6-13/h3-4,7-8,13-14,16-17H,2,5-6,9-11H2,1H3,(H,20,21)(H,22,23)/t14-,16+,17+/m1/s1. The van der Waals surface area contributed by atoms with Gasteiger partial charge in [-0.2, -0.15) is 0 Å². The van der Waals surface area contributed by atoms with E-state index < -0.39 is 11.9 Å². The van der Waals surface area contributed by atoms with Gasteiger partial charge in [0.15, 0.2) is 0 Å². The third-order valence-electron chi connectivity index (χ3n) is 4.99. The number of nitrogens with one attached hydrogen (secondary N) is 1. The minimum absolute atomic E-state index is 0.0323. The van der Waals surface area contributed by atoms with Crippen molar-refractivity contribution in [1.82, 2.24) is 5.32 Å². The van der Waals surface area contributed by atoms with Crippen molar-refractivity contribution >= 4 is 11.9 Å². The van der Waals surface area contributed by atoms with E-state index in [0.29, 0.717) is 18.9 Å². The summed E-state index contributed by atoms with van der Waals surface area (Å²) in [6.45, 7) is 2.71. The van der Waals surface area contributed by atoms with Crippen LogP contribution in [0.15, 0.2) is 24.3 Å². The maximum Gasteiger partial charge on any atom is 0.308 e. The monoisotopic (exact) mass is 331 g/mol. The summed E-state index contributed by atoms with van der Waals surface area (Å²) in [5.41, 5.74) is 0.933. The van der Waals surface area contributed by atoms with Crippen molar-refractivity contribution in [2.24, 2.45) is 23.7 Å². The topological polar surface area (TPSA) is 75.6 Å². The molecule has 0 bridgehead atoms. The zero-order valence-electron chi connectivity index (χ0n) is 14.0. The molecule has 3 rings (SSSR count). The molecule has 0 spiro atoms. The quantitative estimate of drug-likeness (QED) is 0.729. The number of carboxylic acid groups (broad SMARTS) is 1. The lowest BCUT2D eigenvalue weighted by Crippen LogP contribution is -2.35. The summed E-state index contributed by atoms with van der Waals surface area (Å²) in [4.78, 5) is 23.6. The van der Waals surface area contributed by atoms with Crippen molar-refractivity contribution in [3.8, 4) is 5.75 Å². The van der Waals surface area contributed by atoms with Crippen LogP contribution in [-0.4, -0.2) is 30.1 Å². The van der Waals surface area contributed by atoms with E-state index in [1.807, 2.05) is 31.2 Å². The number of ether oxygens (including phenoxy) is 1. The van der Waals surface area contributed by atoms with Gasteiger partial charge in [0.2, 0.25) is 5.91 Å². The molecule has 2 N–H and O–H groups in total. The van der Waals surface area contributed by atoms with Crippen LogP contribution < -0.4 is 10.1 Å². The van der Waals surface area contributed by atoms with Crippen LogP contribution in [0.3, 0.4) is 0 Å². The fourth-order valence-electron chi connectivity index (χ4n) is 3.34. The van der Waals surface area contributed by atoms with Gasteiger partial charge in [0, 0.05) is 12.5 Å². The maximum absolute atomic E-state index is 12.1. The summed E-state index contributed by atoms with van der Waals surface area (Å²) in [6.07, 6.45) is 3.89. The van der Waals surface area contributed by atoms with Crippen molar-refractivity contribution in [2.75, 3.05) is 13.2 Å². The molecule has 2 fully saturated rings. The van der Waals surface area contributed by atoms with Crippen LogP contribution >= 0.6 is 0 Å². The molecule has 2 aliphatic carbocycles. The lowest BCUT2D eigenvalue weighted by atomic mass is 9.99. The summed E-state index contributed by atoms with van der Waals surface area (Å²) in [5.74, 6) is 0.756. The molecule has 0 unspecified atom stereocenters. The lowest BCUT2D eigenvalue weighted by Gasteiger charge is -2.14. The molecule has 0 heterocycles. The van der Waals surface area contributed by atoms with Crippen LogP contribution in [0.25, 0.3) is 0 Å². The van der Waals surface area contributed by atoms with Crippen LogP contribution in [-0.2, 0) is 16.0 Å². The van der Waals surface area contributed by atoms with Crippen molar-refractivity contribution in [3.05, 3.63) is 29.8 Å². The van der Waals surface area contributed by atoms with Crippen molar-refractivity contribution in [3.63, 3.8) is 0 Å². The van der Waals surface area contributed by atoms with Crippen LogP contribution in [0, 0.1) is 23.7 Å². The molecule has 2 saturated carbocycles. The molecule has 24 heavy (non-hydrogen) atoms. The Morgan fingerprint density at radius 1 is 1.29 bits per heavy atom. The predicted octanol–water partition coefficient (Wildman–Crippen LogP) is 2.49. The highest BCUT2D eigenvalue weighted by molar-refractivity contribution is 5.82. The highest BCUT2D eigenvalue weighted by Crippen LogP contribution is 2.54. The van der Waals surface area contributed by atoms with Crippen molar-refractivity contribution < 1.29 is 19.4 Å². The highest BCUT2D eigenvalue weighted by Gasteiger charge is 2.51. The van der Waals surface area contributed by atoms with Gasteiger partial charge in [0.05, 0.1) is 12.5 Å². The average molecular weight is 331 g/mol. The third-order valence-corrected chi connectivity index (χ3v) is 4.99. The largest absolute Gasteiger partial charge is 0.494 e. The molecule has 3 atom stereocenters. The van der Waals surface area contributed by atoms with E-state index in [-0.39, 0.29) is 18.4 Å². The summed E-state index contributed by atoms with van der Waals surface area (Å²) < 4.78 is 5.39. The second kappa shape index (κ2) is 7.24. The molecule has 0 radical (unpaired) electrons. The molecule has 130 valence electrons. The first-order chi connectivity index (χ1) is 11.6. The van der Waals surface area contributed by atoms with E-state index in [1.54, 1.807) is 0 Å². The van der Waals surface area contributed by atoms with Gasteiger partial charge in [-0.05, 0) is 62.1 Å². The van der Waals surface area contributed by atoms with Gasteiger partial charge in [-0.15, -0.1) is 0 Å². The van der Waals surface area contributed by atoms with Gasteiger partial charge in [-0.25, -0.2) is 0 Å². The SMILES string of the molecule is CCOc1ccc(C[C@H](CNC(=O)[C@H]2C[C@H]2C2CC2)C(=O)O)cc1. The number of carboxylic acids is 1. The smallest absolute Gasteiger partial charge is 0.308 e. The number of hydrogen-bond acceptors (Lipinski definition) is 3. The number of amides is 1. The van der Waals surface area contributed by atoms with E-state index in [2.05, 4.69) is 5.32 Å². The Hall–Kier alpha value is -2.04. The van der Waals surface area contributed by atoms with Crippen LogP contribution in [0.5, 0.6) is 5.75 Å². The molecule has 0 aromatic heterocycles. The fraction of sp³-hybridized carbons (Fsp3) is 0.579. The fourth-order valence-corrected chi connectivity index (χ4v) is 3.34. The second-order valence-corrected chi connectivity index (χ2v) is 6.90. The van der Waals surface area contributed by atoms with Gasteiger partial charge in [0.1, 0.15) is 5.75 Å². The van der Waals surface area contributed by atoms with Crippen LogP contribution in [0.4, 0.5) is 0 Å². The normalized spacial score (nSPS) is 23.4. The number of carbonyl (C=O) groups excluding carboxylic acids is 1. The van der Waals surface area contributed by atoms with E-state index in [9.17, 15) is 14.7 Å². The Balaban J connectivity index is 1.49. The van der Waals surface area contributed by atoms with Gasteiger partial charge in [-0.1, -0.05) is 12.1 Å². The number of aliphatic carboxylic acids is 1. The van der Waals surface area contributed by atoms with Crippen LogP contribution in [0.1, 0.15) is 31.7 Å². The Morgan fingerprint density at radius 2 is 2.00 bits per heavy atom. The molecule has 1 amide bonds. The first kappa shape index (κ1) is 16.8. The summed E-state index contributed by atoms with van der Waals surface area (Å²) in [7, 11) is 0. The Morgan fingerprint density at radius 3 is 2.58 bits per heavy atom. The first-order valence-electron chi connectivity index (χ1n) is 8.80. The number of carbonyl (C=O) groups is 2. The van der Waals surface area contributed by atoms with E-state index in [0.717, 1.165) is 23.7 Å². The summed E-state index contributed by atoms with van der Waals surface area (Å²) >= 11 is 0. The Labute approximate surface area is 142 Å². The maximum atomic E-state index is 12.1. The van der Waals surface area contributed by atoms with Crippen molar-refractivity contribution in [2.45, 2.75) is 32.6 Å². The predicted molar refractivity (Wildman–Crippen MR) is 89.8 cm³/mol. The Kier molecular flexibility index (Phi) is 5.07. The highest BCUT2D eigenvalue weighted by atomic mass is 16.5. The minimum Gasteiger partial charge on any atom is -0.494 e. The first-order valence-corrected chi connectivity index (χ1v) is 8.80. The molecule has 5 nitrogen and oxygen atoms in total. The Bertz CT molecular complexity index is 594. The molecular formula is C19H25NO4. The zero-order valence-corrected chi connectivity index (χ0v) is 14.0. The van der Waals surface area contributed by atoms with Gasteiger partial charge < -0.3 is 15.2 Å². The van der Waals surface area contributed by atoms with Gasteiger partial charge in [-0.3, -0.25) is 9.59 Å².